The van der Waals surface area contributed by atoms with Crippen molar-refractivity contribution < 1.29 is 4.74 Å². The number of nitrogens with zero attached hydrogens (tertiary/aromatic N) is 2. The average Bonchev–Trinajstić information content (AvgIpc) is 3.08. The van der Waals surface area contributed by atoms with Crippen LogP contribution in [0.2, 0.25) is 0 Å². The summed E-state index contributed by atoms with van der Waals surface area (Å²) in [4.78, 5) is 6.38. The predicted octanol–water partition coefficient (Wildman–Crippen LogP) is 2.19. The lowest BCUT2D eigenvalue weighted by Gasteiger charge is -2.22. The van der Waals surface area contributed by atoms with Gasteiger partial charge in [-0.3, -0.25) is 4.99 Å². The molecule has 108 valence electrons. The van der Waals surface area contributed by atoms with E-state index in [1.807, 2.05) is 7.05 Å². The van der Waals surface area contributed by atoms with Gasteiger partial charge in [-0.2, -0.15) is 0 Å². The number of guanidine groups is 1. The molecule has 0 spiro atoms. The van der Waals surface area contributed by atoms with E-state index in [-0.39, 0.29) is 24.0 Å². The molecule has 0 saturated heterocycles. The summed E-state index contributed by atoms with van der Waals surface area (Å²) < 4.78 is 5.62. The summed E-state index contributed by atoms with van der Waals surface area (Å²) in [5.41, 5.74) is 0. The maximum absolute atomic E-state index is 5.62. The van der Waals surface area contributed by atoms with E-state index in [1.165, 1.54) is 12.8 Å². The van der Waals surface area contributed by atoms with E-state index in [2.05, 4.69) is 36.1 Å². The van der Waals surface area contributed by atoms with E-state index in [0.29, 0.717) is 5.92 Å². The van der Waals surface area contributed by atoms with Crippen molar-refractivity contribution in [3.8, 4) is 0 Å². The highest BCUT2D eigenvalue weighted by Crippen LogP contribution is 2.28. The van der Waals surface area contributed by atoms with Gasteiger partial charge in [0.2, 0.25) is 0 Å². The van der Waals surface area contributed by atoms with Crippen molar-refractivity contribution in [1.29, 1.82) is 0 Å². The predicted molar refractivity (Wildman–Crippen MR) is 87.8 cm³/mol. The van der Waals surface area contributed by atoms with Gasteiger partial charge in [-0.25, -0.2) is 0 Å². The lowest BCUT2D eigenvalue weighted by atomic mass is 10.2. The third-order valence-electron chi connectivity index (χ3n) is 2.86. The molecule has 0 aromatic rings. The van der Waals surface area contributed by atoms with Crippen LogP contribution in [0.1, 0.15) is 26.7 Å². The number of likely N-dealkylation sites (N-methyl/N-ethyl adjacent to an activating group) is 1. The molecule has 0 amide bonds. The first-order valence-electron chi connectivity index (χ1n) is 6.63. The second kappa shape index (κ2) is 9.83. The highest BCUT2D eigenvalue weighted by atomic mass is 127. The molecule has 0 aromatic carbocycles. The molecule has 18 heavy (non-hydrogen) atoms. The standard InChI is InChI=1S/C13H27N3O.HI/c1-11(2)9-15-13(14-3)16(4)7-8-17-10-12-5-6-12;/h11-12H,5-10H2,1-4H3,(H,14,15);1H. The molecule has 0 heterocycles. The lowest BCUT2D eigenvalue weighted by Crippen LogP contribution is -2.41. The van der Waals surface area contributed by atoms with Crippen LogP contribution in [0.25, 0.3) is 0 Å². The number of aliphatic imine (C=N–C) groups is 1. The second-order valence-corrected chi connectivity index (χ2v) is 5.26. The fourth-order valence-electron chi connectivity index (χ4n) is 1.52. The van der Waals surface area contributed by atoms with Gasteiger partial charge in [-0.15, -0.1) is 24.0 Å². The van der Waals surface area contributed by atoms with E-state index in [9.17, 15) is 0 Å². The molecule has 4 nitrogen and oxygen atoms in total. The first-order chi connectivity index (χ1) is 8.13. The molecule has 1 N–H and O–H groups in total. The zero-order valence-electron chi connectivity index (χ0n) is 12.1. The van der Waals surface area contributed by atoms with Crippen molar-refractivity contribution in [3.05, 3.63) is 0 Å². The smallest absolute Gasteiger partial charge is 0.193 e. The Kier molecular flexibility index (Phi) is 9.81. The number of nitrogens with one attached hydrogen (secondary N) is 1. The molecule has 5 heteroatoms. The summed E-state index contributed by atoms with van der Waals surface area (Å²) in [5.74, 6) is 2.43. The molecule has 0 atom stereocenters. The largest absolute Gasteiger partial charge is 0.379 e. The minimum absolute atomic E-state index is 0. The number of ether oxygens (including phenoxy) is 1. The van der Waals surface area contributed by atoms with Gasteiger partial charge in [-0.05, 0) is 24.7 Å². The molecule has 0 aliphatic heterocycles. The Morgan fingerprint density at radius 1 is 1.44 bits per heavy atom. The normalized spacial score (nSPS) is 15.5. The van der Waals surface area contributed by atoms with E-state index < -0.39 is 0 Å². The van der Waals surface area contributed by atoms with Crippen LogP contribution in [-0.4, -0.2) is 51.3 Å². The maximum Gasteiger partial charge on any atom is 0.193 e. The minimum Gasteiger partial charge on any atom is -0.379 e. The van der Waals surface area contributed by atoms with Gasteiger partial charge < -0.3 is 15.0 Å². The topological polar surface area (TPSA) is 36.9 Å². The maximum atomic E-state index is 5.62. The summed E-state index contributed by atoms with van der Waals surface area (Å²) in [5, 5.41) is 3.35. The Morgan fingerprint density at radius 2 is 2.11 bits per heavy atom. The Hall–Kier alpha value is -0.0400. The van der Waals surface area contributed by atoms with Crippen LogP contribution in [0.4, 0.5) is 0 Å². The first-order valence-corrected chi connectivity index (χ1v) is 6.63. The van der Waals surface area contributed by atoms with Crippen LogP contribution in [0, 0.1) is 11.8 Å². The van der Waals surface area contributed by atoms with Crippen LogP contribution >= 0.6 is 24.0 Å². The molecule has 0 unspecified atom stereocenters. The van der Waals surface area contributed by atoms with Gasteiger partial charge in [0.05, 0.1) is 6.61 Å². The van der Waals surface area contributed by atoms with Gasteiger partial charge in [0, 0.05) is 33.8 Å². The first kappa shape index (κ1) is 18.0. The summed E-state index contributed by atoms with van der Waals surface area (Å²) in [6.45, 7) is 7.96. The van der Waals surface area contributed by atoms with Gasteiger partial charge in [0.25, 0.3) is 0 Å². The molecule has 1 fully saturated rings. The summed E-state index contributed by atoms with van der Waals surface area (Å²) in [6.07, 6.45) is 2.71. The van der Waals surface area contributed by atoms with Crippen LogP contribution in [-0.2, 0) is 4.74 Å². The van der Waals surface area contributed by atoms with Crippen LogP contribution in [0.5, 0.6) is 0 Å². The average molecular weight is 369 g/mol. The summed E-state index contributed by atoms with van der Waals surface area (Å²) in [7, 11) is 3.88. The van der Waals surface area contributed by atoms with E-state index in [1.54, 1.807) is 0 Å². The SMILES string of the molecule is CN=C(NCC(C)C)N(C)CCOCC1CC1.I. The van der Waals surface area contributed by atoms with Gasteiger partial charge >= 0.3 is 0 Å². The van der Waals surface area contributed by atoms with Crippen LogP contribution in [0.15, 0.2) is 4.99 Å². The Labute approximate surface area is 129 Å². The van der Waals surface area contributed by atoms with Crippen molar-refractivity contribution in [3.63, 3.8) is 0 Å². The highest BCUT2D eigenvalue weighted by Gasteiger charge is 2.21. The molecule has 1 saturated carbocycles. The Morgan fingerprint density at radius 3 is 2.61 bits per heavy atom. The number of hydrogen-bond acceptors (Lipinski definition) is 2. The molecule has 0 bridgehead atoms. The lowest BCUT2D eigenvalue weighted by molar-refractivity contribution is 0.115. The molecule has 1 aliphatic rings. The summed E-state index contributed by atoms with van der Waals surface area (Å²) >= 11 is 0. The fourth-order valence-corrected chi connectivity index (χ4v) is 1.52. The monoisotopic (exact) mass is 369 g/mol. The quantitative estimate of drug-likeness (QED) is 0.324. The van der Waals surface area contributed by atoms with Crippen molar-refractivity contribution in [2.75, 3.05) is 40.4 Å². The third kappa shape index (κ3) is 8.13. The van der Waals surface area contributed by atoms with Crippen LogP contribution in [0.3, 0.4) is 0 Å². The molecule has 1 aliphatic carbocycles. The van der Waals surface area contributed by atoms with Crippen molar-refractivity contribution in [2.24, 2.45) is 16.8 Å². The third-order valence-corrected chi connectivity index (χ3v) is 2.86. The van der Waals surface area contributed by atoms with E-state index in [4.69, 9.17) is 4.74 Å². The van der Waals surface area contributed by atoms with Crippen molar-refractivity contribution in [1.82, 2.24) is 10.2 Å². The highest BCUT2D eigenvalue weighted by molar-refractivity contribution is 14.0. The minimum atomic E-state index is 0. The van der Waals surface area contributed by atoms with Crippen LogP contribution < -0.4 is 5.32 Å². The zero-order valence-corrected chi connectivity index (χ0v) is 14.4. The number of hydrogen-bond donors (Lipinski definition) is 1. The van der Waals surface area contributed by atoms with Crippen molar-refractivity contribution >= 4 is 29.9 Å². The zero-order chi connectivity index (χ0) is 12.7. The number of rotatable bonds is 7. The fraction of sp³-hybridized carbons (Fsp3) is 0.923. The Bertz CT molecular complexity index is 242. The van der Waals surface area contributed by atoms with Crippen molar-refractivity contribution in [2.45, 2.75) is 26.7 Å². The van der Waals surface area contributed by atoms with Gasteiger partial charge in [0.15, 0.2) is 5.96 Å². The van der Waals surface area contributed by atoms with E-state index in [0.717, 1.165) is 38.2 Å². The van der Waals surface area contributed by atoms with Gasteiger partial charge in [-0.1, -0.05) is 13.8 Å². The Balaban J connectivity index is 0.00000289. The molecular formula is C13H28IN3O. The summed E-state index contributed by atoms with van der Waals surface area (Å²) in [6, 6.07) is 0. The number of halogens is 1. The molecular weight excluding hydrogens is 341 g/mol. The second-order valence-electron chi connectivity index (χ2n) is 5.26. The van der Waals surface area contributed by atoms with Gasteiger partial charge in [0.1, 0.15) is 0 Å². The van der Waals surface area contributed by atoms with E-state index >= 15 is 0 Å². The molecule has 0 aromatic heterocycles. The molecule has 1 rings (SSSR count). The molecule has 0 radical (unpaired) electrons.